The van der Waals surface area contributed by atoms with E-state index in [-0.39, 0.29) is 11.4 Å². The number of sulfonamides is 1. The predicted octanol–water partition coefficient (Wildman–Crippen LogP) is 2.54. The number of aryl methyl sites for hydroxylation is 1. The highest BCUT2D eigenvalue weighted by molar-refractivity contribution is 7.89. The van der Waals surface area contributed by atoms with E-state index >= 15 is 0 Å². The van der Waals surface area contributed by atoms with Gasteiger partial charge in [0.15, 0.2) is 11.5 Å². The molecular formula is C18H23NO5S. The first-order chi connectivity index (χ1) is 11.9. The molecule has 0 fully saturated rings. The van der Waals surface area contributed by atoms with E-state index in [4.69, 9.17) is 14.2 Å². The molecule has 2 aromatic carbocycles. The van der Waals surface area contributed by atoms with Crippen molar-refractivity contribution in [2.75, 3.05) is 27.9 Å². The molecule has 25 heavy (non-hydrogen) atoms. The van der Waals surface area contributed by atoms with Crippen molar-refractivity contribution in [1.82, 2.24) is 4.72 Å². The molecule has 0 unspecified atom stereocenters. The Hall–Kier alpha value is -2.25. The van der Waals surface area contributed by atoms with Gasteiger partial charge in [0.25, 0.3) is 0 Å². The highest BCUT2D eigenvalue weighted by Gasteiger charge is 2.19. The van der Waals surface area contributed by atoms with Crippen molar-refractivity contribution in [1.29, 1.82) is 0 Å². The molecule has 0 amide bonds. The fourth-order valence-corrected chi connectivity index (χ4v) is 3.72. The Balaban J connectivity index is 2.10. The Morgan fingerprint density at radius 2 is 1.52 bits per heavy atom. The summed E-state index contributed by atoms with van der Waals surface area (Å²) >= 11 is 0. The normalized spacial score (nSPS) is 11.2. The topological polar surface area (TPSA) is 73.9 Å². The Kier molecular flexibility index (Phi) is 6.27. The predicted molar refractivity (Wildman–Crippen MR) is 96.2 cm³/mol. The number of nitrogens with one attached hydrogen (secondary N) is 1. The van der Waals surface area contributed by atoms with Gasteiger partial charge in [-0.25, -0.2) is 13.1 Å². The van der Waals surface area contributed by atoms with Gasteiger partial charge >= 0.3 is 0 Å². The van der Waals surface area contributed by atoms with Crippen LogP contribution in [0.5, 0.6) is 17.2 Å². The molecule has 0 radical (unpaired) electrons. The minimum atomic E-state index is -3.66. The quantitative estimate of drug-likeness (QED) is 0.778. The third-order valence-electron chi connectivity index (χ3n) is 3.76. The zero-order chi connectivity index (χ0) is 18.4. The van der Waals surface area contributed by atoms with Gasteiger partial charge in [0, 0.05) is 6.54 Å². The summed E-state index contributed by atoms with van der Waals surface area (Å²) in [5.41, 5.74) is 1.79. The molecule has 0 aliphatic heterocycles. The van der Waals surface area contributed by atoms with E-state index in [1.807, 2.05) is 25.1 Å². The van der Waals surface area contributed by atoms with E-state index in [0.717, 1.165) is 11.1 Å². The lowest BCUT2D eigenvalue weighted by Gasteiger charge is -2.12. The van der Waals surface area contributed by atoms with E-state index in [1.54, 1.807) is 32.4 Å². The maximum atomic E-state index is 12.5. The van der Waals surface area contributed by atoms with Crippen LogP contribution in [0, 0.1) is 6.92 Å². The molecule has 136 valence electrons. The zero-order valence-electron chi connectivity index (χ0n) is 14.8. The van der Waals surface area contributed by atoms with Gasteiger partial charge in [0.1, 0.15) is 10.6 Å². The second-order valence-corrected chi connectivity index (χ2v) is 7.23. The van der Waals surface area contributed by atoms with Crippen LogP contribution in [0.2, 0.25) is 0 Å². The first kappa shape index (κ1) is 19.1. The number of methoxy groups -OCH3 is 3. The van der Waals surface area contributed by atoms with Crippen molar-refractivity contribution in [3.63, 3.8) is 0 Å². The second kappa shape index (κ2) is 8.22. The first-order valence-corrected chi connectivity index (χ1v) is 9.25. The lowest BCUT2D eigenvalue weighted by atomic mass is 10.1. The third-order valence-corrected chi connectivity index (χ3v) is 5.24. The first-order valence-electron chi connectivity index (χ1n) is 7.76. The Labute approximate surface area is 148 Å². The maximum absolute atomic E-state index is 12.5. The second-order valence-electron chi connectivity index (χ2n) is 5.49. The van der Waals surface area contributed by atoms with E-state index in [1.165, 1.54) is 7.11 Å². The molecule has 0 heterocycles. The van der Waals surface area contributed by atoms with E-state index in [0.29, 0.717) is 23.7 Å². The summed E-state index contributed by atoms with van der Waals surface area (Å²) in [6, 6.07) is 10.6. The molecule has 0 saturated heterocycles. The summed E-state index contributed by atoms with van der Waals surface area (Å²) in [4.78, 5) is 0.141. The molecule has 2 aromatic rings. The van der Waals surface area contributed by atoms with Crippen LogP contribution in [0.15, 0.2) is 41.3 Å². The van der Waals surface area contributed by atoms with Crippen LogP contribution < -0.4 is 18.9 Å². The largest absolute Gasteiger partial charge is 0.495 e. The highest BCUT2D eigenvalue weighted by Crippen LogP contribution is 2.28. The average molecular weight is 365 g/mol. The number of hydrogen-bond acceptors (Lipinski definition) is 5. The number of rotatable bonds is 8. The van der Waals surface area contributed by atoms with Gasteiger partial charge in [-0.1, -0.05) is 12.1 Å². The number of benzene rings is 2. The van der Waals surface area contributed by atoms with Crippen molar-refractivity contribution in [3.05, 3.63) is 47.5 Å². The molecular weight excluding hydrogens is 342 g/mol. The minimum Gasteiger partial charge on any atom is -0.495 e. The van der Waals surface area contributed by atoms with Gasteiger partial charge in [-0.05, 0) is 48.7 Å². The minimum absolute atomic E-state index is 0.141. The van der Waals surface area contributed by atoms with Crippen LogP contribution in [-0.4, -0.2) is 36.3 Å². The molecule has 0 atom stereocenters. The van der Waals surface area contributed by atoms with Gasteiger partial charge < -0.3 is 14.2 Å². The molecule has 1 N–H and O–H groups in total. The average Bonchev–Trinajstić information content (AvgIpc) is 2.61. The fraction of sp³-hybridized carbons (Fsp3) is 0.333. The number of ether oxygens (including phenoxy) is 3. The standard InChI is InChI=1S/C18H23NO5S/c1-13-5-7-16(23-3)18(11-13)25(20,21)19-10-9-14-6-8-15(22-2)17(12-14)24-4/h5-8,11-12,19H,9-10H2,1-4H3. The zero-order valence-corrected chi connectivity index (χ0v) is 15.6. The highest BCUT2D eigenvalue weighted by atomic mass is 32.2. The van der Waals surface area contributed by atoms with Crippen LogP contribution in [0.1, 0.15) is 11.1 Å². The Morgan fingerprint density at radius 1 is 0.880 bits per heavy atom. The summed E-state index contributed by atoms with van der Waals surface area (Å²) < 4.78 is 43.3. The lowest BCUT2D eigenvalue weighted by Crippen LogP contribution is -2.26. The lowest BCUT2D eigenvalue weighted by molar-refractivity contribution is 0.354. The van der Waals surface area contributed by atoms with E-state index < -0.39 is 10.0 Å². The van der Waals surface area contributed by atoms with Crippen molar-refractivity contribution in [2.45, 2.75) is 18.2 Å². The molecule has 0 spiro atoms. The van der Waals surface area contributed by atoms with Crippen molar-refractivity contribution in [3.8, 4) is 17.2 Å². The van der Waals surface area contributed by atoms with Gasteiger partial charge in [-0.15, -0.1) is 0 Å². The smallest absolute Gasteiger partial charge is 0.244 e. The fourth-order valence-electron chi connectivity index (χ4n) is 2.44. The van der Waals surface area contributed by atoms with Crippen molar-refractivity contribution in [2.24, 2.45) is 0 Å². The summed E-state index contributed by atoms with van der Waals surface area (Å²) in [7, 11) is 0.931. The van der Waals surface area contributed by atoms with Crippen molar-refractivity contribution >= 4 is 10.0 Å². The van der Waals surface area contributed by atoms with Crippen LogP contribution in [0.25, 0.3) is 0 Å². The summed E-state index contributed by atoms with van der Waals surface area (Å²) in [6.07, 6.45) is 0.522. The Morgan fingerprint density at radius 3 is 2.16 bits per heavy atom. The molecule has 0 aromatic heterocycles. The van der Waals surface area contributed by atoms with Crippen molar-refractivity contribution < 1.29 is 22.6 Å². The third kappa shape index (κ3) is 4.64. The molecule has 0 aliphatic rings. The van der Waals surface area contributed by atoms with Crippen LogP contribution in [0.4, 0.5) is 0 Å². The SMILES string of the molecule is COc1ccc(CCNS(=O)(=O)c2cc(C)ccc2OC)cc1OC. The molecule has 7 heteroatoms. The molecule has 6 nitrogen and oxygen atoms in total. The Bertz CT molecular complexity index is 833. The van der Waals surface area contributed by atoms with Gasteiger partial charge in [-0.3, -0.25) is 0 Å². The van der Waals surface area contributed by atoms with Crippen LogP contribution >= 0.6 is 0 Å². The summed E-state index contributed by atoms with van der Waals surface area (Å²) in [6.45, 7) is 2.09. The summed E-state index contributed by atoms with van der Waals surface area (Å²) in [5.74, 6) is 1.57. The molecule has 0 bridgehead atoms. The van der Waals surface area contributed by atoms with Crippen LogP contribution in [0.3, 0.4) is 0 Å². The van der Waals surface area contributed by atoms with Gasteiger partial charge in [0.2, 0.25) is 10.0 Å². The molecule has 0 aliphatic carbocycles. The van der Waals surface area contributed by atoms with E-state index in [2.05, 4.69) is 4.72 Å². The molecule has 2 rings (SSSR count). The molecule has 0 saturated carbocycles. The van der Waals surface area contributed by atoms with Crippen LogP contribution in [-0.2, 0) is 16.4 Å². The number of hydrogen-bond donors (Lipinski definition) is 1. The van der Waals surface area contributed by atoms with E-state index in [9.17, 15) is 8.42 Å². The monoisotopic (exact) mass is 365 g/mol. The van der Waals surface area contributed by atoms with Gasteiger partial charge in [-0.2, -0.15) is 0 Å². The summed E-state index contributed by atoms with van der Waals surface area (Å²) in [5, 5.41) is 0. The van der Waals surface area contributed by atoms with Gasteiger partial charge in [0.05, 0.1) is 21.3 Å². The maximum Gasteiger partial charge on any atom is 0.244 e.